The molecule has 13 heavy (non-hydrogen) atoms. The van der Waals surface area contributed by atoms with Crippen molar-refractivity contribution in [3.8, 4) is 0 Å². The highest BCUT2D eigenvalue weighted by atomic mass is 32.2. The Morgan fingerprint density at radius 3 is 2.15 bits per heavy atom. The van der Waals surface area contributed by atoms with Gasteiger partial charge in [-0.15, -0.1) is 0 Å². The van der Waals surface area contributed by atoms with E-state index in [4.69, 9.17) is 9.66 Å². The van der Waals surface area contributed by atoms with Gasteiger partial charge in [0.05, 0.1) is 11.9 Å². The number of hydrogen-bond acceptors (Lipinski definition) is 3. The van der Waals surface area contributed by atoms with Crippen LogP contribution >= 0.6 is 0 Å². The molecule has 0 bridgehead atoms. The number of rotatable bonds is 7. The Labute approximate surface area is 79.7 Å². The van der Waals surface area contributed by atoms with Crippen LogP contribution in [0.2, 0.25) is 0 Å². The highest BCUT2D eigenvalue weighted by Crippen LogP contribution is 2.06. The molecule has 0 aromatic rings. The minimum atomic E-state index is -3.78. The third kappa shape index (κ3) is 11.9. The topological polar surface area (TPSA) is 74.6 Å². The minimum absolute atomic E-state index is 0.151. The van der Waals surface area contributed by atoms with Crippen molar-refractivity contribution in [1.82, 2.24) is 0 Å². The monoisotopic (exact) mass is 210 g/mol. The molecule has 1 atom stereocenters. The molecule has 0 radical (unpaired) electrons. The normalized spacial score (nSPS) is 14.4. The van der Waals surface area contributed by atoms with E-state index in [0.717, 1.165) is 25.7 Å². The summed E-state index contributed by atoms with van der Waals surface area (Å²) in [7, 11) is -3.78. The molecule has 4 nitrogen and oxygen atoms in total. The van der Waals surface area contributed by atoms with E-state index in [1.165, 1.54) is 0 Å². The molecular weight excluding hydrogens is 192 g/mol. The maximum atomic E-state index is 10.3. The van der Waals surface area contributed by atoms with Crippen molar-refractivity contribution >= 4 is 10.1 Å². The molecular formula is C8H18O4S. The average molecular weight is 210 g/mol. The van der Waals surface area contributed by atoms with Crippen LogP contribution in [0.25, 0.3) is 0 Å². The van der Waals surface area contributed by atoms with Gasteiger partial charge in [0.15, 0.2) is 0 Å². The SMILES string of the molecule is CC(O)CCCCCCS(=O)(=O)O. The molecule has 0 saturated carbocycles. The van der Waals surface area contributed by atoms with E-state index in [1.807, 2.05) is 0 Å². The first-order chi connectivity index (χ1) is 5.92. The Morgan fingerprint density at radius 2 is 1.69 bits per heavy atom. The summed E-state index contributed by atoms with van der Waals surface area (Å²) >= 11 is 0. The van der Waals surface area contributed by atoms with Gasteiger partial charge in [-0.25, -0.2) is 0 Å². The second-order valence-corrected chi connectivity index (χ2v) is 4.91. The quantitative estimate of drug-likeness (QED) is 0.489. The van der Waals surface area contributed by atoms with Crippen LogP contribution in [-0.4, -0.2) is 29.9 Å². The number of aliphatic hydroxyl groups is 1. The summed E-state index contributed by atoms with van der Waals surface area (Å²) in [6.45, 7) is 1.73. The lowest BCUT2D eigenvalue weighted by Gasteiger charge is -2.02. The lowest BCUT2D eigenvalue weighted by atomic mass is 10.1. The van der Waals surface area contributed by atoms with Gasteiger partial charge in [-0.1, -0.05) is 19.3 Å². The molecule has 0 rings (SSSR count). The van der Waals surface area contributed by atoms with E-state index < -0.39 is 10.1 Å². The zero-order chi connectivity index (χ0) is 10.3. The van der Waals surface area contributed by atoms with Crippen LogP contribution in [0.3, 0.4) is 0 Å². The number of aliphatic hydroxyl groups excluding tert-OH is 1. The molecule has 0 fully saturated rings. The third-order valence-corrected chi connectivity index (χ3v) is 2.58. The van der Waals surface area contributed by atoms with Gasteiger partial charge >= 0.3 is 0 Å². The molecule has 0 amide bonds. The fraction of sp³-hybridized carbons (Fsp3) is 1.00. The van der Waals surface area contributed by atoms with Gasteiger partial charge in [0.2, 0.25) is 0 Å². The van der Waals surface area contributed by atoms with Crippen LogP contribution in [0.4, 0.5) is 0 Å². The lowest BCUT2D eigenvalue weighted by molar-refractivity contribution is 0.180. The first-order valence-corrected chi connectivity index (χ1v) is 6.16. The van der Waals surface area contributed by atoms with Gasteiger partial charge in [0, 0.05) is 0 Å². The zero-order valence-corrected chi connectivity index (χ0v) is 8.76. The van der Waals surface area contributed by atoms with Gasteiger partial charge in [0.25, 0.3) is 10.1 Å². The summed E-state index contributed by atoms with van der Waals surface area (Å²) in [5.74, 6) is -0.151. The summed E-state index contributed by atoms with van der Waals surface area (Å²) in [6, 6.07) is 0. The first-order valence-electron chi connectivity index (χ1n) is 4.55. The van der Waals surface area contributed by atoms with E-state index >= 15 is 0 Å². The Balaban J connectivity index is 3.18. The van der Waals surface area contributed by atoms with Crippen molar-refractivity contribution in [2.75, 3.05) is 5.75 Å². The third-order valence-electron chi connectivity index (χ3n) is 1.77. The van der Waals surface area contributed by atoms with Gasteiger partial charge in [-0.3, -0.25) is 4.55 Å². The minimum Gasteiger partial charge on any atom is -0.393 e. The van der Waals surface area contributed by atoms with Gasteiger partial charge in [0.1, 0.15) is 0 Å². The largest absolute Gasteiger partial charge is 0.393 e. The predicted molar refractivity (Wildman–Crippen MR) is 51.2 cm³/mol. The van der Waals surface area contributed by atoms with Gasteiger partial charge in [-0.2, -0.15) is 8.42 Å². The summed E-state index contributed by atoms with van der Waals surface area (Å²) in [6.07, 6.45) is 3.57. The van der Waals surface area contributed by atoms with Crippen LogP contribution in [0.1, 0.15) is 39.0 Å². The van der Waals surface area contributed by atoms with E-state index in [9.17, 15) is 8.42 Å². The van der Waals surface area contributed by atoms with Crippen molar-refractivity contribution in [3.63, 3.8) is 0 Å². The lowest BCUT2D eigenvalue weighted by Crippen LogP contribution is -2.03. The van der Waals surface area contributed by atoms with Crippen molar-refractivity contribution in [1.29, 1.82) is 0 Å². The fourth-order valence-electron chi connectivity index (χ4n) is 1.08. The van der Waals surface area contributed by atoms with Crippen LogP contribution < -0.4 is 0 Å². The number of unbranched alkanes of at least 4 members (excludes halogenated alkanes) is 3. The maximum Gasteiger partial charge on any atom is 0.264 e. The Bertz CT molecular complexity index is 208. The van der Waals surface area contributed by atoms with Crippen molar-refractivity contribution in [2.45, 2.75) is 45.1 Å². The average Bonchev–Trinajstić information content (AvgIpc) is 1.93. The number of hydrogen-bond donors (Lipinski definition) is 2. The summed E-state index contributed by atoms with van der Waals surface area (Å²) < 4.78 is 29.0. The molecule has 0 heterocycles. The smallest absolute Gasteiger partial charge is 0.264 e. The molecule has 0 aromatic carbocycles. The summed E-state index contributed by atoms with van der Waals surface area (Å²) in [4.78, 5) is 0. The summed E-state index contributed by atoms with van der Waals surface area (Å²) in [5, 5.41) is 8.90. The first kappa shape index (κ1) is 12.9. The molecule has 5 heteroatoms. The van der Waals surface area contributed by atoms with Gasteiger partial charge in [-0.05, 0) is 19.8 Å². The van der Waals surface area contributed by atoms with Crippen LogP contribution in [0.5, 0.6) is 0 Å². The Hall–Kier alpha value is -0.130. The van der Waals surface area contributed by atoms with Crippen LogP contribution in [-0.2, 0) is 10.1 Å². The van der Waals surface area contributed by atoms with E-state index in [-0.39, 0.29) is 11.9 Å². The van der Waals surface area contributed by atoms with Crippen LogP contribution in [0, 0.1) is 0 Å². The van der Waals surface area contributed by atoms with E-state index in [1.54, 1.807) is 6.92 Å². The highest BCUT2D eigenvalue weighted by molar-refractivity contribution is 7.85. The molecule has 2 N–H and O–H groups in total. The van der Waals surface area contributed by atoms with Gasteiger partial charge < -0.3 is 5.11 Å². The van der Waals surface area contributed by atoms with Crippen molar-refractivity contribution < 1.29 is 18.1 Å². The molecule has 0 saturated heterocycles. The molecule has 0 spiro atoms. The van der Waals surface area contributed by atoms with E-state index in [2.05, 4.69) is 0 Å². The Kier molecular flexibility index (Phi) is 6.28. The van der Waals surface area contributed by atoms with Crippen molar-refractivity contribution in [3.05, 3.63) is 0 Å². The fourth-order valence-corrected chi connectivity index (χ4v) is 1.65. The maximum absolute atomic E-state index is 10.3. The van der Waals surface area contributed by atoms with E-state index in [0.29, 0.717) is 6.42 Å². The second kappa shape index (κ2) is 6.34. The standard InChI is InChI=1S/C8H18O4S/c1-8(9)6-4-2-3-5-7-13(10,11)12/h8-9H,2-7H2,1H3,(H,10,11,12). The highest BCUT2D eigenvalue weighted by Gasteiger charge is 2.03. The molecule has 80 valence electrons. The molecule has 0 aliphatic heterocycles. The van der Waals surface area contributed by atoms with Crippen LogP contribution in [0.15, 0.2) is 0 Å². The summed E-state index contributed by atoms with van der Waals surface area (Å²) in [5.41, 5.74) is 0. The Morgan fingerprint density at radius 1 is 1.15 bits per heavy atom. The molecule has 0 aromatic heterocycles. The molecule has 1 unspecified atom stereocenters. The zero-order valence-electron chi connectivity index (χ0n) is 7.94. The predicted octanol–water partition coefficient (Wildman–Crippen LogP) is 1.21. The molecule has 0 aliphatic rings. The van der Waals surface area contributed by atoms with Crippen molar-refractivity contribution in [2.24, 2.45) is 0 Å². The molecule has 0 aliphatic carbocycles. The second-order valence-electron chi connectivity index (χ2n) is 3.34.